The fourth-order valence-electron chi connectivity index (χ4n) is 3.45. The van der Waals surface area contributed by atoms with E-state index < -0.39 is 5.97 Å². The molecule has 2 rings (SSSR count). The van der Waals surface area contributed by atoms with Gasteiger partial charge in [0.05, 0.1) is 17.7 Å². The van der Waals surface area contributed by atoms with Crippen LogP contribution in [0.3, 0.4) is 0 Å². The zero-order valence-electron chi connectivity index (χ0n) is 19.0. The Morgan fingerprint density at radius 1 is 1.03 bits per heavy atom. The lowest BCUT2D eigenvalue weighted by molar-refractivity contribution is -0.572. The number of carboxylic acid groups (broad SMARTS) is 1. The number of nitrogens with two attached hydrogens (primary N) is 1. The first kappa shape index (κ1) is 24.0. The SMILES string of the molecule is C=c1cc(N(C)C)cc/c1=C(\C#N)c1ccc(N(C)C)cc1[NH2+]CCCCCC(=O)O. The van der Waals surface area contributed by atoms with Gasteiger partial charge in [0.1, 0.15) is 11.8 Å². The molecule has 0 fully saturated rings. The summed E-state index contributed by atoms with van der Waals surface area (Å²) in [6, 6.07) is 14.5. The van der Waals surface area contributed by atoms with Crippen LogP contribution in [-0.4, -0.2) is 45.8 Å². The average Bonchev–Trinajstić information content (AvgIpc) is 2.72. The third kappa shape index (κ3) is 6.59. The number of unbranched alkanes of at least 4 members (excludes halogenated alkanes) is 2. The Balaban J connectivity index is 2.41. The van der Waals surface area contributed by atoms with E-state index in [1.807, 2.05) is 68.3 Å². The van der Waals surface area contributed by atoms with Crippen LogP contribution < -0.4 is 25.6 Å². The number of aliphatic carboxylic acids is 1. The zero-order valence-corrected chi connectivity index (χ0v) is 19.0. The van der Waals surface area contributed by atoms with E-state index in [0.29, 0.717) is 12.0 Å². The zero-order chi connectivity index (χ0) is 23.0. The van der Waals surface area contributed by atoms with Crippen molar-refractivity contribution < 1.29 is 15.2 Å². The summed E-state index contributed by atoms with van der Waals surface area (Å²) in [7, 11) is 7.95. The highest BCUT2D eigenvalue weighted by atomic mass is 16.4. The third-order valence-electron chi connectivity index (χ3n) is 5.27. The Kier molecular flexibility index (Phi) is 8.65. The molecule has 0 aliphatic carbocycles. The van der Waals surface area contributed by atoms with E-state index in [1.165, 1.54) is 0 Å². The lowest BCUT2D eigenvalue weighted by Gasteiger charge is -2.16. The molecule has 0 aliphatic rings. The first-order valence-corrected chi connectivity index (χ1v) is 10.5. The molecule has 2 aromatic rings. The van der Waals surface area contributed by atoms with Gasteiger partial charge in [0.2, 0.25) is 0 Å². The number of quaternary nitrogens is 1. The Hall–Kier alpha value is -3.30. The second-order valence-electron chi connectivity index (χ2n) is 8.09. The first-order valence-electron chi connectivity index (χ1n) is 10.5. The Morgan fingerprint density at radius 2 is 1.68 bits per heavy atom. The van der Waals surface area contributed by atoms with Gasteiger partial charge in [-0.05, 0) is 54.0 Å². The summed E-state index contributed by atoms with van der Waals surface area (Å²) >= 11 is 0. The molecule has 6 nitrogen and oxygen atoms in total. The van der Waals surface area contributed by atoms with Gasteiger partial charge < -0.3 is 20.2 Å². The summed E-state index contributed by atoms with van der Waals surface area (Å²) in [6.07, 6.45) is 2.68. The molecule has 3 N–H and O–H groups in total. The van der Waals surface area contributed by atoms with E-state index >= 15 is 0 Å². The quantitative estimate of drug-likeness (QED) is 0.451. The highest BCUT2D eigenvalue weighted by molar-refractivity contribution is 5.83. The lowest BCUT2D eigenvalue weighted by Crippen LogP contribution is -2.78. The van der Waals surface area contributed by atoms with Crippen LogP contribution in [0.25, 0.3) is 12.2 Å². The van der Waals surface area contributed by atoms with Crippen molar-refractivity contribution >= 4 is 35.2 Å². The minimum Gasteiger partial charge on any atom is -0.481 e. The molecule has 0 unspecified atom stereocenters. The molecule has 0 atom stereocenters. The number of carboxylic acids is 1. The Morgan fingerprint density at radius 3 is 2.26 bits per heavy atom. The molecule has 0 bridgehead atoms. The topological polar surface area (TPSA) is 84.2 Å². The fraction of sp³-hybridized carbons (Fsp3) is 0.360. The number of rotatable bonds is 10. The predicted octanol–water partition coefficient (Wildman–Crippen LogP) is 1.79. The molecule has 0 aliphatic heterocycles. The molecular weight excluding hydrogens is 388 g/mol. The number of hydrogen-bond acceptors (Lipinski definition) is 4. The second kappa shape index (κ2) is 11.2. The van der Waals surface area contributed by atoms with Gasteiger partial charge >= 0.3 is 5.97 Å². The summed E-state index contributed by atoms with van der Waals surface area (Å²) in [5.41, 5.74) is 4.62. The monoisotopic (exact) mass is 421 g/mol. The fourth-order valence-corrected chi connectivity index (χ4v) is 3.45. The van der Waals surface area contributed by atoms with Crippen molar-refractivity contribution in [2.45, 2.75) is 25.7 Å². The Labute approximate surface area is 184 Å². The molecule has 0 aromatic heterocycles. The Bertz CT molecular complexity index is 1070. The molecule has 0 saturated carbocycles. The van der Waals surface area contributed by atoms with Gasteiger partial charge in [0, 0.05) is 52.1 Å². The minimum absolute atomic E-state index is 0.211. The molecule has 0 spiro atoms. The lowest BCUT2D eigenvalue weighted by atomic mass is 10.00. The first-order chi connectivity index (χ1) is 14.7. The maximum atomic E-state index is 10.7. The molecule has 0 amide bonds. The van der Waals surface area contributed by atoms with Gasteiger partial charge in [0.15, 0.2) is 0 Å². The van der Waals surface area contributed by atoms with Gasteiger partial charge in [-0.15, -0.1) is 0 Å². The van der Waals surface area contributed by atoms with Crippen molar-refractivity contribution in [2.75, 3.05) is 44.5 Å². The smallest absolute Gasteiger partial charge is 0.303 e. The number of nitriles is 1. The van der Waals surface area contributed by atoms with E-state index in [4.69, 9.17) is 5.11 Å². The van der Waals surface area contributed by atoms with E-state index in [-0.39, 0.29) is 6.42 Å². The largest absolute Gasteiger partial charge is 0.481 e. The molecule has 164 valence electrons. The number of anilines is 2. The van der Waals surface area contributed by atoms with Crippen LogP contribution in [0.1, 0.15) is 31.2 Å². The highest BCUT2D eigenvalue weighted by Gasteiger charge is 2.14. The van der Waals surface area contributed by atoms with Crippen molar-refractivity contribution in [3.8, 4) is 6.07 Å². The van der Waals surface area contributed by atoms with E-state index in [0.717, 1.165) is 52.4 Å². The molecular formula is C25H33N4O2+. The molecule has 0 heterocycles. The van der Waals surface area contributed by atoms with Crippen molar-refractivity contribution in [1.82, 2.24) is 0 Å². The highest BCUT2D eigenvalue weighted by Crippen LogP contribution is 2.24. The van der Waals surface area contributed by atoms with Crippen molar-refractivity contribution in [2.24, 2.45) is 0 Å². The molecule has 6 heteroatoms. The van der Waals surface area contributed by atoms with Crippen LogP contribution >= 0.6 is 0 Å². The van der Waals surface area contributed by atoms with E-state index in [9.17, 15) is 10.1 Å². The van der Waals surface area contributed by atoms with Crippen molar-refractivity contribution in [1.29, 1.82) is 5.26 Å². The van der Waals surface area contributed by atoms with Crippen LogP contribution in [0.2, 0.25) is 0 Å². The number of carbonyl (C=O) groups is 1. The molecule has 0 radical (unpaired) electrons. The normalized spacial score (nSPS) is 11.6. The summed E-state index contributed by atoms with van der Waals surface area (Å²) in [5.74, 6) is -0.748. The van der Waals surface area contributed by atoms with Crippen LogP contribution in [0, 0.1) is 11.3 Å². The maximum Gasteiger partial charge on any atom is 0.303 e. The van der Waals surface area contributed by atoms with Gasteiger partial charge in [0.25, 0.3) is 0 Å². The number of nitrogens with zero attached hydrogens (tertiary/aromatic N) is 3. The van der Waals surface area contributed by atoms with Crippen LogP contribution in [0.4, 0.5) is 17.1 Å². The number of hydrogen-bond donors (Lipinski definition) is 2. The van der Waals surface area contributed by atoms with Gasteiger partial charge in [-0.25, -0.2) is 0 Å². The third-order valence-corrected chi connectivity index (χ3v) is 5.27. The second-order valence-corrected chi connectivity index (χ2v) is 8.09. The summed E-state index contributed by atoms with van der Waals surface area (Å²) in [4.78, 5) is 14.7. The summed E-state index contributed by atoms with van der Waals surface area (Å²) in [6.45, 7) is 5.01. The van der Waals surface area contributed by atoms with Crippen molar-refractivity contribution in [3.63, 3.8) is 0 Å². The molecule has 31 heavy (non-hydrogen) atoms. The van der Waals surface area contributed by atoms with E-state index in [2.05, 4.69) is 24.0 Å². The van der Waals surface area contributed by atoms with E-state index in [1.54, 1.807) is 0 Å². The van der Waals surface area contributed by atoms with Crippen LogP contribution in [0.15, 0.2) is 36.4 Å². The average molecular weight is 422 g/mol. The van der Waals surface area contributed by atoms with Gasteiger partial charge in [-0.3, -0.25) is 4.79 Å². The molecule has 2 aromatic carbocycles. The predicted molar refractivity (Wildman–Crippen MR) is 127 cm³/mol. The van der Waals surface area contributed by atoms with Crippen LogP contribution in [0.5, 0.6) is 0 Å². The van der Waals surface area contributed by atoms with Crippen LogP contribution in [-0.2, 0) is 4.79 Å². The van der Waals surface area contributed by atoms with Crippen molar-refractivity contribution in [3.05, 3.63) is 52.4 Å². The van der Waals surface area contributed by atoms with Gasteiger partial charge in [-0.1, -0.05) is 12.6 Å². The number of benzene rings is 2. The summed E-state index contributed by atoms with van der Waals surface area (Å²) < 4.78 is 0. The molecule has 0 saturated heterocycles. The minimum atomic E-state index is -0.748. The maximum absolute atomic E-state index is 10.7. The van der Waals surface area contributed by atoms with Gasteiger partial charge in [-0.2, -0.15) is 5.26 Å². The standard InChI is InChI=1S/C25H32N4O2/c1-18-15-19(28(2)3)10-12-21(18)23(17-26)22-13-11-20(29(4)5)16-24(22)27-14-8-6-7-9-25(30)31/h10-13,15-16,27H,1,6-9,14H2,2-5H3,(H,30,31)/p+1/b23-21-. The summed E-state index contributed by atoms with van der Waals surface area (Å²) in [5, 5.41) is 22.6.